The average molecular weight is 473 g/mol. The van der Waals surface area contributed by atoms with Crippen LogP contribution in [-0.4, -0.2) is 15.7 Å². The molecule has 0 saturated heterocycles. The summed E-state index contributed by atoms with van der Waals surface area (Å²) >= 11 is 0. The van der Waals surface area contributed by atoms with Gasteiger partial charge in [0.1, 0.15) is 11.5 Å². The van der Waals surface area contributed by atoms with E-state index in [0.717, 1.165) is 22.5 Å². The smallest absolute Gasteiger partial charge is 0.213 e. The molecule has 1 aliphatic heterocycles. The van der Waals surface area contributed by atoms with Crippen LogP contribution >= 0.6 is 0 Å². The first-order valence-electron chi connectivity index (χ1n) is 11.6. The summed E-state index contributed by atoms with van der Waals surface area (Å²) in [6.07, 6.45) is 4.73. The van der Waals surface area contributed by atoms with Crippen molar-refractivity contribution in [3.63, 3.8) is 0 Å². The van der Waals surface area contributed by atoms with Gasteiger partial charge in [-0.1, -0.05) is 54.6 Å². The molecule has 0 fully saturated rings. The van der Waals surface area contributed by atoms with Crippen LogP contribution in [0.25, 0.3) is 11.1 Å². The number of anilines is 1. The Hall–Kier alpha value is -4.84. The number of pyridine rings is 2. The van der Waals surface area contributed by atoms with E-state index >= 15 is 0 Å². The van der Waals surface area contributed by atoms with Crippen LogP contribution in [0.5, 0.6) is 11.5 Å². The molecular weight excluding hydrogens is 451 g/mol. The van der Waals surface area contributed by atoms with E-state index in [4.69, 9.17) is 9.84 Å². The quantitative estimate of drug-likeness (QED) is 0.263. The van der Waals surface area contributed by atoms with Gasteiger partial charge in [-0.2, -0.15) is 9.49 Å². The number of hydrogen-bond donors (Lipinski definition) is 0. The third kappa shape index (κ3) is 4.32. The summed E-state index contributed by atoms with van der Waals surface area (Å²) in [7, 11) is 0. The number of hydrazone groups is 1. The van der Waals surface area contributed by atoms with Gasteiger partial charge in [0.2, 0.25) is 5.95 Å². The fourth-order valence-electron chi connectivity index (χ4n) is 4.29. The van der Waals surface area contributed by atoms with Crippen molar-refractivity contribution in [2.45, 2.75) is 6.54 Å². The van der Waals surface area contributed by atoms with Gasteiger partial charge in [0, 0.05) is 41.3 Å². The minimum atomic E-state index is -0.551. The number of rotatable bonds is 5. The van der Waals surface area contributed by atoms with Crippen molar-refractivity contribution in [1.82, 2.24) is 9.97 Å². The predicted molar refractivity (Wildman–Crippen MR) is 139 cm³/mol. The molecule has 36 heavy (non-hydrogen) atoms. The Labute approximate surface area is 208 Å². The second-order valence-electron chi connectivity index (χ2n) is 8.36. The summed E-state index contributed by atoms with van der Waals surface area (Å²) in [5, 5.41) is 7.00. The van der Waals surface area contributed by atoms with Crippen LogP contribution < -0.4 is 9.75 Å². The van der Waals surface area contributed by atoms with E-state index in [0.29, 0.717) is 29.2 Å². The molecule has 6 heteroatoms. The van der Waals surface area contributed by atoms with Crippen LogP contribution in [0.1, 0.15) is 16.7 Å². The summed E-state index contributed by atoms with van der Waals surface area (Å²) in [6, 6.07) is 31.2. The van der Waals surface area contributed by atoms with Crippen molar-refractivity contribution in [1.29, 1.82) is 0 Å². The predicted octanol–water partition coefficient (Wildman–Crippen LogP) is 6.85. The zero-order chi connectivity index (χ0) is 24.3. The highest BCUT2D eigenvalue weighted by Gasteiger charge is 2.21. The summed E-state index contributed by atoms with van der Waals surface area (Å²) in [4.78, 5) is 7.80. The molecule has 0 aliphatic carbocycles. The van der Waals surface area contributed by atoms with Gasteiger partial charge >= 0.3 is 0 Å². The van der Waals surface area contributed by atoms with Crippen molar-refractivity contribution in [3.05, 3.63) is 138 Å². The number of aromatic nitrogens is 2. The van der Waals surface area contributed by atoms with Gasteiger partial charge in [-0.3, -0.25) is 9.99 Å². The fourth-order valence-corrected chi connectivity index (χ4v) is 4.29. The number of halogens is 1. The van der Waals surface area contributed by atoms with E-state index in [2.05, 4.69) is 40.3 Å². The lowest BCUT2D eigenvalue weighted by molar-refractivity contribution is 0.483. The highest BCUT2D eigenvalue weighted by atomic mass is 19.1. The van der Waals surface area contributed by atoms with Crippen LogP contribution in [0.2, 0.25) is 0 Å². The van der Waals surface area contributed by atoms with E-state index < -0.39 is 5.95 Å². The van der Waals surface area contributed by atoms with Crippen LogP contribution in [-0.2, 0) is 6.54 Å². The molecular formula is C30H21FN4O. The molecule has 5 aromatic rings. The lowest BCUT2D eigenvalue weighted by Crippen LogP contribution is -2.26. The Kier molecular flexibility index (Phi) is 5.68. The topological polar surface area (TPSA) is 50.6 Å². The third-order valence-electron chi connectivity index (χ3n) is 6.04. The van der Waals surface area contributed by atoms with Crippen molar-refractivity contribution in [3.8, 4) is 22.6 Å². The van der Waals surface area contributed by atoms with Crippen LogP contribution in [0, 0.1) is 5.95 Å². The molecule has 0 saturated carbocycles. The number of hydrogen-bond acceptors (Lipinski definition) is 5. The van der Waals surface area contributed by atoms with E-state index in [1.807, 2.05) is 53.5 Å². The minimum absolute atomic E-state index is 0.551. The summed E-state index contributed by atoms with van der Waals surface area (Å²) < 4.78 is 19.8. The molecule has 6 rings (SSSR count). The number of benzene rings is 3. The van der Waals surface area contributed by atoms with Gasteiger partial charge in [0.05, 0.1) is 17.9 Å². The Balaban J connectivity index is 1.29. The van der Waals surface area contributed by atoms with Crippen molar-refractivity contribution in [2.75, 3.05) is 5.01 Å². The first-order chi connectivity index (χ1) is 17.7. The first kappa shape index (κ1) is 21.7. The second kappa shape index (κ2) is 9.43. The van der Waals surface area contributed by atoms with Crippen LogP contribution in [0.3, 0.4) is 0 Å². The molecule has 5 nitrogen and oxygen atoms in total. The minimum Gasteiger partial charge on any atom is -0.457 e. The van der Waals surface area contributed by atoms with E-state index in [1.54, 1.807) is 24.5 Å². The highest BCUT2D eigenvalue weighted by Crippen LogP contribution is 2.34. The van der Waals surface area contributed by atoms with E-state index in [9.17, 15) is 4.39 Å². The van der Waals surface area contributed by atoms with Crippen molar-refractivity contribution < 1.29 is 9.13 Å². The maximum atomic E-state index is 13.7. The standard InChI is InChI=1S/C30H21FN4O/c31-29-18-22(14-17-33-29)27-19-32-16-15-28(27)36-25-12-10-24(11-13-25)35-20-23-8-4-5-9-26(23)30(34-35)21-6-2-1-3-7-21/h1-19H,20H2. The van der Waals surface area contributed by atoms with Crippen molar-refractivity contribution >= 4 is 11.4 Å². The average Bonchev–Trinajstić information content (AvgIpc) is 2.94. The molecule has 3 aromatic carbocycles. The maximum Gasteiger partial charge on any atom is 0.213 e. The third-order valence-corrected chi connectivity index (χ3v) is 6.04. The Morgan fingerprint density at radius 1 is 0.750 bits per heavy atom. The van der Waals surface area contributed by atoms with Crippen LogP contribution in [0.4, 0.5) is 10.1 Å². The fraction of sp³-hybridized carbons (Fsp3) is 0.0333. The second-order valence-corrected chi connectivity index (χ2v) is 8.36. The summed E-state index contributed by atoms with van der Waals surface area (Å²) in [5.74, 6) is 0.690. The summed E-state index contributed by atoms with van der Waals surface area (Å²) in [6.45, 7) is 0.675. The van der Waals surface area contributed by atoms with Crippen LogP contribution in [0.15, 0.2) is 121 Å². The molecule has 0 unspecified atom stereocenters. The zero-order valence-corrected chi connectivity index (χ0v) is 19.3. The van der Waals surface area contributed by atoms with Gasteiger partial charge in [-0.25, -0.2) is 4.98 Å². The zero-order valence-electron chi connectivity index (χ0n) is 19.3. The molecule has 174 valence electrons. The number of nitrogens with zero attached hydrogens (tertiary/aromatic N) is 4. The SMILES string of the molecule is Fc1cc(-c2cnccc2Oc2ccc(N3Cc4ccccc4C(c4ccccc4)=N3)cc2)ccn1. The molecule has 3 heterocycles. The maximum absolute atomic E-state index is 13.7. The van der Waals surface area contributed by atoms with Gasteiger partial charge in [0.15, 0.2) is 0 Å². The number of ether oxygens (including phenoxy) is 1. The molecule has 2 aromatic heterocycles. The molecule has 0 N–H and O–H groups in total. The highest BCUT2D eigenvalue weighted by molar-refractivity contribution is 6.14. The van der Waals surface area contributed by atoms with E-state index in [1.165, 1.54) is 17.8 Å². The first-order valence-corrected chi connectivity index (χ1v) is 11.6. The summed E-state index contributed by atoms with van der Waals surface area (Å²) in [5.41, 5.74) is 6.69. The van der Waals surface area contributed by atoms with Gasteiger partial charge < -0.3 is 4.74 Å². The molecule has 0 atom stereocenters. The van der Waals surface area contributed by atoms with Gasteiger partial charge in [0.25, 0.3) is 0 Å². The van der Waals surface area contributed by atoms with E-state index in [-0.39, 0.29) is 0 Å². The molecule has 0 radical (unpaired) electrons. The number of fused-ring (bicyclic) bond motifs is 1. The van der Waals surface area contributed by atoms with Crippen molar-refractivity contribution in [2.24, 2.45) is 5.10 Å². The largest absolute Gasteiger partial charge is 0.457 e. The Morgan fingerprint density at radius 2 is 1.56 bits per heavy atom. The van der Waals surface area contributed by atoms with Gasteiger partial charge in [-0.05, 0) is 47.5 Å². The Morgan fingerprint density at radius 3 is 2.39 bits per heavy atom. The Bertz CT molecular complexity index is 1550. The lowest BCUT2D eigenvalue weighted by atomic mass is 9.96. The molecule has 0 amide bonds. The molecule has 0 spiro atoms. The normalized spacial score (nSPS) is 12.6. The monoisotopic (exact) mass is 472 g/mol. The molecule has 1 aliphatic rings. The molecule has 0 bridgehead atoms. The van der Waals surface area contributed by atoms with Gasteiger partial charge in [-0.15, -0.1) is 0 Å². The lowest BCUT2D eigenvalue weighted by Gasteiger charge is -2.28.